The highest BCUT2D eigenvalue weighted by Crippen LogP contribution is 2.68. The molecule has 2 bridgehead atoms. The van der Waals surface area contributed by atoms with Crippen molar-refractivity contribution in [2.24, 2.45) is 35.5 Å². The van der Waals surface area contributed by atoms with E-state index in [1.165, 1.54) is 19.1 Å². The highest BCUT2D eigenvalue weighted by Gasteiger charge is 2.68. The fourth-order valence-electron chi connectivity index (χ4n) is 5.95. The van der Waals surface area contributed by atoms with E-state index in [0.29, 0.717) is 11.8 Å². The van der Waals surface area contributed by atoms with E-state index in [0.717, 1.165) is 30.2 Å². The van der Waals surface area contributed by atoms with Crippen molar-refractivity contribution in [2.45, 2.75) is 32.4 Å². The zero-order chi connectivity index (χ0) is 17.7. The molecule has 6 atom stereocenters. The van der Waals surface area contributed by atoms with E-state index in [9.17, 15) is 22.8 Å². The molecule has 132 valence electrons. The Morgan fingerprint density at radius 3 is 2.04 bits per heavy atom. The van der Waals surface area contributed by atoms with Crippen molar-refractivity contribution in [1.82, 2.24) is 0 Å². The topological polar surface area (TPSA) is 37.4 Å². The van der Waals surface area contributed by atoms with Crippen LogP contribution in [0.2, 0.25) is 0 Å². The Hall–Kier alpha value is -1.85. The van der Waals surface area contributed by atoms with Crippen molar-refractivity contribution >= 4 is 17.5 Å². The van der Waals surface area contributed by atoms with Crippen LogP contribution in [-0.4, -0.2) is 11.8 Å². The summed E-state index contributed by atoms with van der Waals surface area (Å²) in [4.78, 5) is 27.1. The molecular weight excluding hydrogens is 331 g/mol. The Bertz CT molecular complexity index is 768. The lowest BCUT2D eigenvalue weighted by atomic mass is 9.59. The van der Waals surface area contributed by atoms with Gasteiger partial charge in [0.2, 0.25) is 11.8 Å². The fraction of sp³-hybridized carbons (Fsp3) is 0.579. The lowest BCUT2D eigenvalue weighted by Crippen LogP contribution is -2.43. The lowest BCUT2D eigenvalue weighted by Gasteiger charge is -2.42. The Labute approximate surface area is 143 Å². The van der Waals surface area contributed by atoms with Gasteiger partial charge in [0.15, 0.2) is 0 Å². The third-order valence-electron chi connectivity index (χ3n) is 7.00. The van der Waals surface area contributed by atoms with E-state index in [1.807, 2.05) is 0 Å². The minimum atomic E-state index is -4.50. The van der Waals surface area contributed by atoms with E-state index < -0.39 is 11.7 Å². The second-order valence-electron chi connectivity index (χ2n) is 7.98. The summed E-state index contributed by atoms with van der Waals surface area (Å²) in [5.41, 5.74) is -0.730. The quantitative estimate of drug-likeness (QED) is 0.724. The third-order valence-corrected chi connectivity index (χ3v) is 7.00. The Morgan fingerprint density at radius 1 is 0.960 bits per heavy atom. The van der Waals surface area contributed by atoms with Gasteiger partial charge in [-0.05, 0) is 67.6 Å². The molecule has 5 aliphatic rings. The van der Waals surface area contributed by atoms with Gasteiger partial charge in [0.05, 0.1) is 23.1 Å². The first-order valence-corrected chi connectivity index (χ1v) is 8.85. The van der Waals surface area contributed by atoms with Crippen LogP contribution in [0.3, 0.4) is 0 Å². The normalized spacial score (nSPS) is 38.8. The average molecular weight is 349 g/mol. The molecule has 1 heterocycles. The summed E-state index contributed by atoms with van der Waals surface area (Å²) >= 11 is 0. The maximum absolute atomic E-state index is 13.2. The number of amides is 2. The summed E-state index contributed by atoms with van der Waals surface area (Å²) in [6.45, 7) is 1.34. The molecule has 0 aromatic heterocycles. The van der Waals surface area contributed by atoms with Crippen molar-refractivity contribution in [3.63, 3.8) is 0 Å². The molecule has 3 nitrogen and oxygen atoms in total. The van der Waals surface area contributed by atoms with Crippen LogP contribution in [0.25, 0.3) is 0 Å². The van der Waals surface area contributed by atoms with E-state index in [2.05, 4.69) is 0 Å². The van der Waals surface area contributed by atoms with Crippen molar-refractivity contribution in [2.75, 3.05) is 4.90 Å². The highest BCUT2D eigenvalue weighted by atomic mass is 19.4. The Morgan fingerprint density at radius 2 is 1.52 bits per heavy atom. The molecule has 1 aliphatic heterocycles. The molecule has 2 amide bonds. The first-order chi connectivity index (χ1) is 11.8. The molecule has 0 radical (unpaired) electrons. The number of nitrogens with zero attached hydrogens (tertiary/aromatic N) is 1. The van der Waals surface area contributed by atoms with Gasteiger partial charge in [0.25, 0.3) is 0 Å². The van der Waals surface area contributed by atoms with Crippen LogP contribution < -0.4 is 4.90 Å². The van der Waals surface area contributed by atoms with Gasteiger partial charge in [-0.1, -0.05) is 6.07 Å². The molecule has 0 N–H and O–H groups in total. The first-order valence-electron chi connectivity index (χ1n) is 8.85. The first kappa shape index (κ1) is 15.4. The monoisotopic (exact) mass is 349 g/mol. The molecule has 1 aromatic rings. The van der Waals surface area contributed by atoms with Gasteiger partial charge >= 0.3 is 6.18 Å². The van der Waals surface area contributed by atoms with Crippen LogP contribution in [0.4, 0.5) is 18.9 Å². The maximum atomic E-state index is 13.2. The number of halogens is 3. The predicted octanol–water partition coefficient (Wildman–Crippen LogP) is 3.80. The number of carbonyl (C=O) groups excluding carboxylic acids is 2. The lowest BCUT2D eigenvalue weighted by molar-refractivity contribution is -0.138. The van der Waals surface area contributed by atoms with Crippen LogP contribution >= 0.6 is 0 Å². The van der Waals surface area contributed by atoms with Gasteiger partial charge < -0.3 is 0 Å². The minimum Gasteiger partial charge on any atom is -0.274 e. The zero-order valence-corrected chi connectivity index (χ0v) is 13.7. The largest absolute Gasteiger partial charge is 0.416 e. The summed E-state index contributed by atoms with van der Waals surface area (Å²) in [7, 11) is 0. The highest BCUT2D eigenvalue weighted by molar-refractivity contribution is 6.22. The van der Waals surface area contributed by atoms with E-state index in [4.69, 9.17) is 0 Å². The van der Waals surface area contributed by atoms with Crippen LogP contribution in [0, 0.1) is 42.4 Å². The van der Waals surface area contributed by atoms with Gasteiger partial charge in [-0.15, -0.1) is 0 Å². The smallest absolute Gasteiger partial charge is 0.274 e. The van der Waals surface area contributed by atoms with Crippen LogP contribution in [0.15, 0.2) is 18.2 Å². The predicted molar refractivity (Wildman–Crippen MR) is 83.5 cm³/mol. The molecule has 5 fully saturated rings. The van der Waals surface area contributed by atoms with E-state index >= 15 is 0 Å². The van der Waals surface area contributed by atoms with Crippen LogP contribution in [0.1, 0.15) is 30.4 Å². The third kappa shape index (κ3) is 1.88. The second-order valence-corrected chi connectivity index (χ2v) is 7.98. The summed E-state index contributed by atoms with van der Waals surface area (Å²) in [6, 6.07) is 3.73. The molecule has 4 aliphatic carbocycles. The van der Waals surface area contributed by atoms with Crippen LogP contribution in [0.5, 0.6) is 0 Å². The number of hydrogen-bond acceptors (Lipinski definition) is 2. The molecule has 0 unspecified atom stereocenters. The molecule has 1 aromatic carbocycles. The van der Waals surface area contributed by atoms with Gasteiger partial charge in [-0.25, -0.2) is 4.90 Å². The van der Waals surface area contributed by atoms with Crippen molar-refractivity contribution in [3.05, 3.63) is 29.3 Å². The number of imide groups is 1. The molecule has 6 heteroatoms. The minimum absolute atomic E-state index is 0.0483. The second kappa shape index (κ2) is 4.65. The average Bonchev–Trinajstić information content (AvgIpc) is 3.32. The van der Waals surface area contributed by atoms with E-state index in [1.54, 1.807) is 0 Å². The summed E-state index contributed by atoms with van der Waals surface area (Å²) in [5, 5.41) is 0. The number of anilines is 1. The van der Waals surface area contributed by atoms with Crippen molar-refractivity contribution in [1.29, 1.82) is 0 Å². The number of carbonyl (C=O) groups is 2. The Balaban J connectivity index is 1.58. The molecule has 1 saturated heterocycles. The Kier molecular flexibility index (Phi) is 2.87. The molecule has 6 rings (SSSR count). The molecule has 0 spiro atoms. The van der Waals surface area contributed by atoms with Crippen molar-refractivity contribution < 1.29 is 22.8 Å². The maximum Gasteiger partial charge on any atom is 0.416 e. The summed E-state index contributed by atoms with van der Waals surface area (Å²) in [5.74, 6) is 0.404. The van der Waals surface area contributed by atoms with E-state index in [-0.39, 0.29) is 46.7 Å². The summed E-state index contributed by atoms with van der Waals surface area (Å²) < 4.78 is 39.6. The SMILES string of the molecule is Cc1c(N2C(=O)[C@@H]3[C@@H]4CC[C@@H]([C@H]5C[C@H]54)[C@@H]3C2=O)cccc1C(F)(F)F. The van der Waals surface area contributed by atoms with Crippen molar-refractivity contribution in [3.8, 4) is 0 Å². The number of hydrogen-bond donors (Lipinski definition) is 0. The van der Waals surface area contributed by atoms with Gasteiger partial charge in [-0.3, -0.25) is 9.59 Å². The van der Waals surface area contributed by atoms with Gasteiger partial charge in [-0.2, -0.15) is 13.2 Å². The molecule has 25 heavy (non-hydrogen) atoms. The van der Waals surface area contributed by atoms with Gasteiger partial charge in [0, 0.05) is 0 Å². The number of alkyl halides is 3. The fourth-order valence-corrected chi connectivity index (χ4v) is 5.95. The zero-order valence-electron chi connectivity index (χ0n) is 13.7. The number of benzene rings is 1. The molecular formula is C19H18F3NO2. The number of rotatable bonds is 1. The summed E-state index contributed by atoms with van der Waals surface area (Å²) in [6.07, 6.45) is -1.44. The number of fused-ring (bicyclic) bond motifs is 1. The molecule has 4 saturated carbocycles. The van der Waals surface area contributed by atoms with Gasteiger partial charge in [0.1, 0.15) is 0 Å². The van der Waals surface area contributed by atoms with Crippen LogP contribution in [-0.2, 0) is 15.8 Å². The standard InChI is InChI=1S/C19H18F3NO2/c1-8-13(19(20,21)22)3-2-4-14(8)23-17(24)15-9-5-6-10(12-7-11(9)12)16(15)18(23)25/h2-4,9-12,15-16H,5-7H2,1H3/t9-,10+,11+,12-,15-,16+.